The molecule has 0 aliphatic carbocycles. The van der Waals surface area contributed by atoms with Crippen LogP contribution in [0.5, 0.6) is 0 Å². The molecule has 1 aromatic heterocycles. The first-order valence-electron chi connectivity index (χ1n) is 9.13. The molecule has 1 heterocycles. The van der Waals surface area contributed by atoms with Crippen LogP contribution in [0.25, 0.3) is 0 Å². The summed E-state index contributed by atoms with van der Waals surface area (Å²) in [5.74, 6) is 0. The van der Waals surface area contributed by atoms with Crippen molar-refractivity contribution in [2.75, 3.05) is 0 Å². The van der Waals surface area contributed by atoms with E-state index in [1.54, 1.807) is 18.5 Å². The van der Waals surface area contributed by atoms with Crippen LogP contribution in [-0.2, 0) is 4.12 Å². The highest BCUT2D eigenvalue weighted by atomic mass is 28.4. The van der Waals surface area contributed by atoms with E-state index >= 15 is 0 Å². The van der Waals surface area contributed by atoms with E-state index in [-0.39, 0.29) is 0 Å². The second-order valence-electron chi connectivity index (χ2n) is 6.33. The Morgan fingerprint density at radius 1 is 0.593 bits per heavy atom. The Balaban J connectivity index is 0.000000941. The van der Waals surface area contributed by atoms with Crippen molar-refractivity contribution in [3.8, 4) is 0 Å². The lowest BCUT2D eigenvalue weighted by Crippen LogP contribution is -2.50. The summed E-state index contributed by atoms with van der Waals surface area (Å²) in [5.41, 5.74) is 0. The molecular weight excluding hydrogens is 364 g/mol. The van der Waals surface area contributed by atoms with Crippen LogP contribution in [0.4, 0.5) is 0 Å². The monoisotopic (exact) mass is 398 g/mol. The van der Waals surface area contributed by atoms with Crippen molar-refractivity contribution in [2.45, 2.75) is 36.3 Å². The molecule has 27 heavy (non-hydrogen) atoms. The average molecular weight is 399 g/mol. The number of hydrogen-bond donors (Lipinski definition) is 0. The van der Waals surface area contributed by atoms with E-state index in [1.165, 1.54) is 6.33 Å². The van der Waals surface area contributed by atoms with Crippen LogP contribution < -0.4 is 0 Å². The van der Waals surface area contributed by atoms with Gasteiger partial charge in [-0.15, -0.1) is 39.5 Å². The maximum absolute atomic E-state index is 6.92. The maximum atomic E-state index is 6.92. The minimum atomic E-state index is -1.98. The van der Waals surface area contributed by atoms with Gasteiger partial charge in [0.1, 0.15) is 6.33 Å². The number of allylic oxidation sites excluding steroid dienone is 6. The smallest absolute Gasteiger partial charge is 0.191 e. The van der Waals surface area contributed by atoms with Gasteiger partial charge in [0.15, 0.2) is 16.6 Å². The van der Waals surface area contributed by atoms with E-state index in [0.29, 0.717) is 0 Å². The zero-order valence-corrected chi connectivity index (χ0v) is 18.6. The number of aromatic nitrogens is 2. The zero-order valence-electron chi connectivity index (χ0n) is 16.6. The van der Waals surface area contributed by atoms with E-state index < -0.39 is 16.6 Å². The van der Waals surface area contributed by atoms with Crippen molar-refractivity contribution in [3.63, 3.8) is 0 Å². The largest absolute Gasteiger partial charge is 0.453 e. The Kier molecular flexibility index (Phi) is 13.9. The van der Waals surface area contributed by atoms with E-state index in [4.69, 9.17) is 4.12 Å². The first-order chi connectivity index (χ1) is 13.1. The Bertz CT molecular complexity index is 471. The molecule has 1 aromatic rings. The van der Waals surface area contributed by atoms with E-state index in [0.717, 1.165) is 36.3 Å². The predicted molar refractivity (Wildman–Crippen MR) is 125 cm³/mol. The lowest BCUT2D eigenvalue weighted by atomic mass is 10.7. The van der Waals surface area contributed by atoms with Gasteiger partial charge in [0, 0.05) is 12.4 Å². The molecule has 0 amide bonds. The summed E-state index contributed by atoms with van der Waals surface area (Å²) in [6, 6.07) is 7.31. The molecule has 0 aliphatic heterocycles. The number of rotatable bonds is 14. The quantitative estimate of drug-likeness (QED) is 0.265. The molecule has 0 atom stereocenters. The van der Waals surface area contributed by atoms with Gasteiger partial charge < -0.3 is 4.12 Å². The van der Waals surface area contributed by atoms with E-state index in [2.05, 4.69) is 49.4 Å². The van der Waals surface area contributed by atoms with E-state index in [1.807, 2.05) is 36.5 Å². The highest BCUT2D eigenvalue weighted by molar-refractivity contribution is 6.88. The molecule has 0 bridgehead atoms. The third kappa shape index (κ3) is 9.98. The van der Waals surface area contributed by atoms with E-state index in [9.17, 15) is 0 Å². The van der Waals surface area contributed by atoms with Crippen molar-refractivity contribution in [1.82, 2.24) is 9.97 Å². The van der Waals surface area contributed by atoms with Crippen LogP contribution in [0.1, 0.15) is 0 Å². The molecule has 5 heteroatoms. The standard InChI is InChI=1S/C18H30OSi2.C4H4N2/c1-7-13-20(14-8-2,15-9-3)19-21(16-10-4,17-11-5)18-12-6;1-2-5-4-6-3-1/h7-12H,1-6,13-18H2;1-4H. The Labute approximate surface area is 167 Å². The van der Waals surface area contributed by atoms with Crippen LogP contribution in [0, 0.1) is 0 Å². The van der Waals surface area contributed by atoms with Gasteiger partial charge in [-0.25, -0.2) is 9.97 Å². The molecule has 0 unspecified atom stereocenters. The van der Waals surface area contributed by atoms with Crippen LogP contribution in [-0.4, -0.2) is 26.6 Å². The summed E-state index contributed by atoms with van der Waals surface area (Å²) in [7, 11) is -3.96. The fraction of sp³-hybridized carbons (Fsp3) is 0.273. The van der Waals surface area contributed by atoms with Gasteiger partial charge >= 0.3 is 0 Å². The summed E-state index contributed by atoms with van der Waals surface area (Å²) in [6.45, 7) is 23.5. The van der Waals surface area contributed by atoms with Gasteiger partial charge in [-0.2, -0.15) is 0 Å². The molecule has 0 radical (unpaired) electrons. The van der Waals surface area contributed by atoms with Gasteiger partial charge in [-0.3, -0.25) is 0 Å². The zero-order chi connectivity index (χ0) is 20.4. The summed E-state index contributed by atoms with van der Waals surface area (Å²) in [5, 5.41) is 0. The van der Waals surface area contributed by atoms with Crippen molar-refractivity contribution >= 4 is 16.6 Å². The molecule has 146 valence electrons. The summed E-state index contributed by atoms with van der Waals surface area (Å²) in [6.07, 6.45) is 16.8. The minimum absolute atomic E-state index is 0.922. The van der Waals surface area contributed by atoms with Crippen molar-refractivity contribution in [1.29, 1.82) is 0 Å². The molecular formula is C22H34N2OSi2. The summed E-state index contributed by atoms with van der Waals surface area (Å²) >= 11 is 0. The average Bonchev–Trinajstić information content (AvgIpc) is 2.65. The fourth-order valence-corrected chi connectivity index (χ4v) is 12.9. The second kappa shape index (κ2) is 15.0. The van der Waals surface area contributed by atoms with Gasteiger partial charge in [-0.1, -0.05) is 36.5 Å². The number of hydrogen-bond acceptors (Lipinski definition) is 3. The molecule has 3 nitrogen and oxygen atoms in total. The fourth-order valence-electron chi connectivity index (χ4n) is 3.04. The Hall–Kier alpha value is -2.09. The molecule has 0 N–H and O–H groups in total. The van der Waals surface area contributed by atoms with Crippen molar-refractivity contribution < 1.29 is 4.12 Å². The first-order valence-corrected chi connectivity index (χ1v) is 14.2. The van der Waals surface area contributed by atoms with Crippen LogP contribution in [0.3, 0.4) is 0 Å². The maximum Gasteiger partial charge on any atom is 0.191 e. The summed E-state index contributed by atoms with van der Waals surface area (Å²) < 4.78 is 6.92. The molecule has 0 saturated heterocycles. The lowest BCUT2D eigenvalue weighted by Gasteiger charge is -2.40. The third-order valence-electron chi connectivity index (χ3n) is 4.01. The first kappa shape index (κ1) is 24.9. The molecule has 0 aliphatic rings. The van der Waals surface area contributed by atoms with Crippen molar-refractivity contribution in [3.05, 3.63) is 101 Å². The van der Waals surface area contributed by atoms with Gasteiger partial charge in [0.25, 0.3) is 0 Å². The minimum Gasteiger partial charge on any atom is -0.453 e. The molecule has 0 fully saturated rings. The van der Waals surface area contributed by atoms with Crippen molar-refractivity contribution in [2.24, 2.45) is 0 Å². The lowest BCUT2D eigenvalue weighted by molar-refractivity contribution is 0.527. The molecule has 1 rings (SSSR count). The highest BCUT2D eigenvalue weighted by Gasteiger charge is 2.41. The summed E-state index contributed by atoms with van der Waals surface area (Å²) in [4.78, 5) is 7.35. The molecule has 0 saturated carbocycles. The topological polar surface area (TPSA) is 35.0 Å². The van der Waals surface area contributed by atoms with Crippen LogP contribution >= 0.6 is 0 Å². The van der Waals surface area contributed by atoms with Crippen LogP contribution in [0.2, 0.25) is 36.3 Å². The molecule has 0 aromatic carbocycles. The predicted octanol–water partition coefficient (Wildman–Crippen LogP) is 6.49. The van der Waals surface area contributed by atoms with Gasteiger partial charge in [0.05, 0.1) is 0 Å². The second-order valence-corrected chi connectivity index (χ2v) is 14.3. The molecule has 0 spiro atoms. The normalized spacial score (nSPS) is 10.7. The Morgan fingerprint density at radius 2 is 0.889 bits per heavy atom. The van der Waals surface area contributed by atoms with Crippen LogP contribution in [0.15, 0.2) is 101 Å². The van der Waals surface area contributed by atoms with Gasteiger partial charge in [-0.05, 0) is 42.3 Å². The highest BCUT2D eigenvalue weighted by Crippen LogP contribution is 2.34. The van der Waals surface area contributed by atoms with Gasteiger partial charge in [0.2, 0.25) is 0 Å². The number of nitrogens with zero attached hydrogens (tertiary/aromatic N) is 2. The Morgan fingerprint density at radius 3 is 1.04 bits per heavy atom. The third-order valence-corrected chi connectivity index (χ3v) is 13.7. The SMILES string of the molecule is C=CC[Si](CC=C)(CC=C)O[Si](CC=C)(CC=C)CC=C.c1cncnc1.